The highest BCUT2D eigenvalue weighted by Crippen LogP contribution is 2.25. The number of anilines is 1. The van der Waals surface area contributed by atoms with Crippen LogP contribution in [0.5, 0.6) is 0 Å². The Kier molecular flexibility index (Phi) is 5.39. The van der Waals surface area contributed by atoms with Gasteiger partial charge in [0.15, 0.2) is 5.82 Å². The molecule has 3 aromatic rings. The maximum atomic E-state index is 13.9. The van der Waals surface area contributed by atoms with Gasteiger partial charge in [0, 0.05) is 34.8 Å². The minimum Gasteiger partial charge on any atom is -0.326 e. The zero-order valence-corrected chi connectivity index (χ0v) is 16.0. The molecule has 4 rings (SSSR count). The van der Waals surface area contributed by atoms with Crippen LogP contribution < -0.4 is 5.32 Å². The van der Waals surface area contributed by atoms with Crippen molar-refractivity contribution in [3.63, 3.8) is 0 Å². The number of nitrogens with one attached hydrogen (secondary N) is 1. The van der Waals surface area contributed by atoms with E-state index in [1.165, 1.54) is 18.6 Å². The van der Waals surface area contributed by atoms with Gasteiger partial charge in [0.2, 0.25) is 5.91 Å². The van der Waals surface area contributed by atoms with Crippen LogP contribution in [0, 0.1) is 5.82 Å². The van der Waals surface area contributed by atoms with E-state index in [4.69, 9.17) is 11.6 Å². The minimum absolute atomic E-state index is 0.129. The molecule has 0 unspecified atom stereocenters. The van der Waals surface area contributed by atoms with E-state index in [1.807, 2.05) is 18.2 Å². The Morgan fingerprint density at radius 2 is 2.00 bits per heavy atom. The molecule has 1 aliphatic rings. The van der Waals surface area contributed by atoms with Gasteiger partial charge in [-0.3, -0.25) is 4.79 Å². The van der Waals surface area contributed by atoms with Gasteiger partial charge in [0.1, 0.15) is 11.6 Å². The van der Waals surface area contributed by atoms with E-state index in [0.717, 1.165) is 43.0 Å². The number of aromatic nitrogens is 3. The molecule has 0 aliphatic carbocycles. The van der Waals surface area contributed by atoms with E-state index in [1.54, 1.807) is 12.1 Å². The fourth-order valence-corrected chi connectivity index (χ4v) is 3.73. The van der Waals surface area contributed by atoms with E-state index in [0.29, 0.717) is 5.69 Å². The minimum atomic E-state index is -0.484. The Morgan fingerprint density at radius 3 is 2.86 bits per heavy atom. The first-order valence-corrected chi connectivity index (χ1v) is 9.75. The first-order chi connectivity index (χ1) is 13.6. The van der Waals surface area contributed by atoms with E-state index in [9.17, 15) is 9.18 Å². The van der Waals surface area contributed by atoms with Crippen molar-refractivity contribution in [1.29, 1.82) is 0 Å². The van der Waals surface area contributed by atoms with Crippen molar-refractivity contribution in [3.05, 3.63) is 64.7 Å². The SMILES string of the molecule is O=C(Cc1c(F)cccc1Cl)Nc1cccc(-c2nnc3n2CCCCC3)c1. The van der Waals surface area contributed by atoms with Crippen molar-refractivity contribution in [1.82, 2.24) is 14.8 Å². The fourth-order valence-electron chi connectivity index (χ4n) is 3.50. The number of hydrogen-bond acceptors (Lipinski definition) is 3. The number of amides is 1. The van der Waals surface area contributed by atoms with E-state index in [2.05, 4.69) is 20.1 Å². The number of rotatable bonds is 4. The summed E-state index contributed by atoms with van der Waals surface area (Å²) in [7, 11) is 0. The van der Waals surface area contributed by atoms with Gasteiger partial charge < -0.3 is 9.88 Å². The Morgan fingerprint density at radius 1 is 1.14 bits per heavy atom. The van der Waals surface area contributed by atoms with Gasteiger partial charge in [0.05, 0.1) is 6.42 Å². The average Bonchev–Trinajstić information content (AvgIpc) is 2.93. The third-order valence-corrected chi connectivity index (χ3v) is 5.27. The largest absolute Gasteiger partial charge is 0.326 e. The number of benzene rings is 2. The summed E-state index contributed by atoms with van der Waals surface area (Å²) in [5, 5.41) is 11.7. The summed E-state index contributed by atoms with van der Waals surface area (Å²) in [6, 6.07) is 11.9. The van der Waals surface area contributed by atoms with Crippen molar-refractivity contribution in [2.75, 3.05) is 5.32 Å². The molecule has 1 aliphatic heterocycles. The van der Waals surface area contributed by atoms with Gasteiger partial charge in [-0.2, -0.15) is 0 Å². The third-order valence-electron chi connectivity index (χ3n) is 4.91. The maximum absolute atomic E-state index is 13.9. The zero-order chi connectivity index (χ0) is 19.5. The predicted octanol–water partition coefficient (Wildman–Crippen LogP) is 4.65. The summed E-state index contributed by atoms with van der Waals surface area (Å²) in [4.78, 5) is 12.4. The Labute approximate surface area is 167 Å². The maximum Gasteiger partial charge on any atom is 0.228 e. The highest BCUT2D eigenvalue weighted by molar-refractivity contribution is 6.31. The molecule has 1 aromatic heterocycles. The number of fused-ring (bicyclic) bond motifs is 1. The molecule has 7 heteroatoms. The lowest BCUT2D eigenvalue weighted by atomic mass is 10.1. The van der Waals surface area contributed by atoms with Crippen LogP contribution in [0.1, 0.15) is 30.7 Å². The summed E-state index contributed by atoms with van der Waals surface area (Å²) in [6.07, 6.45) is 4.24. The van der Waals surface area contributed by atoms with Crippen LogP contribution in [-0.2, 0) is 24.2 Å². The Balaban J connectivity index is 1.53. The van der Waals surface area contributed by atoms with Crippen molar-refractivity contribution in [3.8, 4) is 11.4 Å². The molecule has 0 fully saturated rings. The fraction of sp³-hybridized carbons (Fsp3) is 0.286. The molecule has 0 atom stereocenters. The van der Waals surface area contributed by atoms with Gasteiger partial charge in [0.25, 0.3) is 0 Å². The average molecular weight is 399 g/mol. The first-order valence-electron chi connectivity index (χ1n) is 9.37. The van der Waals surface area contributed by atoms with Crippen molar-refractivity contribution >= 4 is 23.2 Å². The summed E-state index contributed by atoms with van der Waals surface area (Å²) in [5.74, 6) is 1.01. The molecule has 28 heavy (non-hydrogen) atoms. The molecule has 0 bridgehead atoms. The van der Waals surface area contributed by atoms with Crippen LogP contribution in [0.3, 0.4) is 0 Å². The first kappa shape index (κ1) is 18.6. The molecule has 0 spiro atoms. The van der Waals surface area contributed by atoms with E-state index in [-0.39, 0.29) is 22.9 Å². The molecule has 1 N–H and O–H groups in total. The van der Waals surface area contributed by atoms with Crippen LogP contribution in [0.15, 0.2) is 42.5 Å². The number of halogens is 2. The summed E-state index contributed by atoms with van der Waals surface area (Å²) < 4.78 is 16.1. The van der Waals surface area contributed by atoms with Crippen molar-refractivity contribution in [2.45, 2.75) is 38.6 Å². The normalized spacial score (nSPS) is 13.6. The van der Waals surface area contributed by atoms with Crippen molar-refractivity contribution < 1.29 is 9.18 Å². The molecule has 1 amide bonds. The monoisotopic (exact) mass is 398 g/mol. The second-order valence-electron chi connectivity index (χ2n) is 6.91. The van der Waals surface area contributed by atoms with Gasteiger partial charge in [-0.1, -0.05) is 36.2 Å². The van der Waals surface area contributed by atoms with Crippen LogP contribution >= 0.6 is 11.6 Å². The number of aryl methyl sites for hydroxylation is 1. The van der Waals surface area contributed by atoms with Crippen LogP contribution in [0.2, 0.25) is 5.02 Å². The van der Waals surface area contributed by atoms with Gasteiger partial charge in [-0.05, 0) is 37.1 Å². The van der Waals surface area contributed by atoms with Gasteiger partial charge in [-0.25, -0.2) is 4.39 Å². The molecule has 5 nitrogen and oxygen atoms in total. The van der Waals surface area contributed by atoms with Crippen LogP contribution in [0.4, 0.5) is 10.1 Å². The molecule has 0 saturated carbocycles. The zero-order valence-electron chi connectivity index (χ0n) is 15.3. The lowest BCUT2D eigenvalue weighted by Crippen LogP contribution is -2.15. The summed E-state index contributed by atoms with van der Waals surface area (Å²) >= 11 is 6.01. The summed E-state index contributed by atoms with van der Waals surface area (Å²) in [6.45, 7) is 0.903. The number of nitrogens with zero attached hydrogens (tertiary/aromatic N) is 3. The lowest BCUT2D eigenvalue weighted by Gasteiger charge is -2.10. The van der Waals surface area contributed by atoms with Crippen molar-refractivity contribution in [2.24, 2.45) is 0 Å². The third kappa shape index (κ3) is 3.92. The topological polar surface area (TPSA) is 59.8 Å². The second kappa shape index (κ2) is 8.10. The Hall–Kier alpha value is -2.73. The Bertz CT molecular complexity index is 997. The number of carbonyl (C=O) groups excluding carboxylic acids is 1. The molecule has 2 heterocycles. The standard InChI is InChI=1S/C21H20ClFN4O/c22-17-8-5-9-18(23)16(17)13-20(28)24-15-7-4-6-14(12-15)21-26-25-19-10-2-1-3-11-27(19)21/h4-9,12H,1-3,10-11,13H2,(H,24,28). The highest BCUT2D eigenvalue weighted by Gasteiger charge is 2.17. The lowest BCUT2D eigenvalue weighted by molar-refractivity contribution is -0.115. The summed E-state index contributed by atoms with van der Waals surface area (Å²) in [5.41, 5.74) is 1.71. The smallest absolute Gasteiger partial charge is 0.228 e. The van der Waals surface area contributed by atoms with E-state index >= 15 is 0 Å². The number of hydrogen-bond donors (Lipinski definition) is 1. The highest BCUT2D eigenvalue weighted by atomic mass is 35.5. The van der Waals surface area contributed by atoms with E-state index < -0.39 is 5.82 Å². The van der Waals surface area contributed by atoms with Gasteiger partial charge >= 0.3 is 0 Å². The predicted molar refractivity (Wildman–Crippen MR) is 107 cm³/mol. The molecule has 0 radical (unpaired) electrons. The van der Waals surface area contributed by atoms with Crippen LogP contribution in [0.25, 0.3) is 11.4 Å². The molecule has 0 saturated heterocycles. The molecule has 2 aromatic carbocycles. The molecular formula is C21H20ClFN4O. The quantitative estimate of drug-likeness (QED) is 0.696. The molecule has 144 valence electrons. The molecular weight excluding hydrogens is 379 g/mol. The second-order valence-corrected chi connectivity index (χ2v) is 7.32. The van der Waals surface area contributed by atoms with Gasteiger partial charge in [-0.15, -0.1) is 10.2 Å². The van der Waals surface area contributed by atoms with Crippen LogP contribution in [-0.4, -0.2) is 20.7 Å². The number of carbonyl (C=O) groups is 1.